The third-order valence-electron chi connectivity index (χ3n) is 0.914. The average Bonchev–Trinajstić information content (AvgIpc) is 1.85. The van der Waals surface area contributed by atoms with Crippen LogP contribution in [0.15, 0.2) is 18.3 Å². The summed E-state index contributed by atoms with van der Waals surface area (Å²) in [5, 5.41) is 0.291. The number of aromatic nitrogens is 1. The zero-order valence-corrected chi connectivity index (χ0v) is 5.72. The molecule has 0 saturated heterocycles. The summed E-state index contributed by atoms with van der Waals surface area (Å²) >= 11 is 5.53. The van der Waals surface area contributed by atoms with Gasteiger partial charge in [0.1, 0.15) is 5.69 Å². The first-order valence-electron chi connectivity index (χ1n) is 3.03. The van der Waals surface area contributed by atoms with E-state index in [-0.39, 0.29) is 11.9 Å². The Morgan fingerprint density at radius 2 is 2.60 bits per heavy atom. The van der Waals surface area contributed by atoms with Crippen LogP contribution in [0.5, 0.6) is 0 Å². The third-order valence-corrected chi connectivity index (χ3v) is 1.13. The molecule has 0 aromatic carbocycles. The van der Waals surface area contributed by atoms with Crippen molar-refractivity contribution in [3.8, 4) is 0 Å². The molecule has 0 aliphatic heterocycles. The number of nitrogens with two attached hydrogens (primary N) is 1. The van der Waals surface area contributed by atoms with Gasteiger partial charge in [0.25, 0.3) is 5.91 Å². The highest BCUT2D eigenvalue weighted by Crippen LogP contribution is 2.06. The van der Waals surface area contributed by atoms with E-state index in [9.17, 15) is 4.79 Å². The van der Waals surface area contributed by atoms with Gasteiger partial charge in [-0.25, -0.2) is 0 Å². The van der Waals surface area contributed by atoms with Crippen molar-refractivity contribution in [1.82, 2.24) is 4.98 Å². The van der Waals surface area contributed by atoms with E-state index in [1.54, 1.807) is 0 Å². The third kappa shape index (κ3) is 1.45. The van der Waals surface area contributed by atoms with Gasteiger partial charge in [-0.2, -0.15) is 0 Å². The Labute approximate surface area is 64.2 Å². The molecular weight excluding hydrogens is 152 g/mol. The zero-order chi connectivity index (χ0) is 8.43. The lowest BCUT2D eigenvalue weighted by Gasteiger charge is -1.92. The van der Waals surface area contributed by atoms with E-state index in [1.807, 2.05) is 0 Å². The topological polar surface area (TPSA) is 56.0 Å². The minimum absolute atomic E-state index is 0.0162. The Hall–Kier alpha value is -1.09. The first-order valence-corrected chi connectivity index (χ1v) is 2.91. The molecular formula is C6H5ClN2O. The minimum Gasteiger partial charge on any atom is -0.364 e. The molecule has 0 aliphatic carbocycles. The van der Waals surface area contributed by atoms with Gasteiger partial charge in [0.15, 0.2) is 0 Å². The summed E-state index contributed by atoms with van der Waals surface area (Å²) in [6.45, 7) is 0. The predicted molar refractivity (Wildman–Crippen MR) is 37.8 cm³/mol. The monoisotopic (exact) mass is 157 g/mol. The second kappa shape index (κ2) is 2.66. The van der Waals surface area contributed by atoms with Crippen molar-refractivity contribution in [3.05, 3.63) is 29.0 Å². The Bertz CT molecular complexity index is 282. The van der Waals surface area contributed by atoms with Crippen LogP contribution in [0.25, 0.3) is 0 Å². The van der Waals surface area contributed by atoms with Crippen molar-refractivity contribution < 1.29 is 6.17 Å². The Kier molecular flexibility index (Phi) is 1.51. The molecule has 1 aromatic rings. The zero-order valence-electron chi connectivity index (χ0n) is 5.97. The van der Waals surface area contributed by atoms with E-state index in [1.165, 1.54) is 12.1 Å². The first kappa shape index (κ1) is 5.68. The quantitative estimate of drug-likeness (QED) is 0.657. The lowest BCUT2D eigenvalue weighted by molar-refractivity contribution is 0.0995. The molecule has 10 heavy (non-hydrogen) atoms. The normalized spacial score (nSPS) is 10.7. The second-order valence-electron chi connectivity index (χ2n) is 1.66. The lowest BCUT2D eigenvalue weighted by atomic mass is 10.3. The highest BCUT2D eigenvalue weighted by molar-refractivity contribution is 6.30. The average molecular weight is 158 g/mol. The molecule has 1 rings (SSSR count). The molecule has 1 amide bonds. The molecule has 1 aromatic heterocycles. The van der Waals surface area contributed by atoms with Crippen molar-refractivity contribution in [1.29, 1.82) is 0 Å². The molecule has 0 spiro atoms. The summed E-state index contributed by atoms with van der Waals surface area (Å²) in [4.78, 5) is 14.1. The standard InChI is InChI=1S/C6H5ClN2O/c7-4-1-2-9-5(3-4)6(8)10/h1-3H,(H2,8,10)/i2D. The number of primary amides is 1. The summed E-state index contributed by atoms with van der Waals surface area (Å²) < 4.78 is 7.07. The fraction of sp³-hybridized carbons (Fsp3) is 0. The van der Waals surface area contributed by atoms with Crippen molar-refractivity contribution in [2.45, 2.75) is 0 Å². The summed E-state index contributed by atoms with van der Waals surface area (Å²) in [6.07, 6.45) is -0.0636. The molecule has 0 unspecified atom stereocenters. The smallest absolute Gasteiger partial charge is 0.267 e. The summed E-state index contributed by atoms with van der Waals surface area (Å²) in [5.41, 5.74) is 4.92. The Morgan fingerprint density at radius 1 is 1.90 bits per heavy atom. The second-order valence-corrected chi connectivity index (χ2v) is 2.10. The summed E-state index contributed by atoms with van der Waals surface area (Å²) in [5.74, 6) is -0.680. The van der Waals surface area contributed by atoms with Gasteiger partial charge >= 0.3 is 0 Å². The molecule has 0 saturated carbocycles. The van der Waals surface area contributed by atoms with Crippen LogP contribution >= 0.6 is 11.6 Å². The maximum Gasteiger partial charge on any atom is 0.267 e. The van der Waals surface area contributed by atoms with Gasteiger partial charge < -0.3 is 5.73 Å². The van der Waals surface area contributed by atoms with Gasteiger partial charge in [0, 0.05) is 11.2 Å². The first-order chi connectivity index (χ1) is 5.09. The number of halogens is 1. The highest BCUT2D eigenvalue weighted by Gasteiger charge is 1.99. The van der Waals surface area contributed by atoms with Crippen LogP contribution in [-0.4, -0.2) is 10.9 Å². The number of nitrogens with zero attached hydrogens (tertiary/aromatic N) is 1. The molecule has 2 N–H and O–H groups in total. The number of carbonyl (C=O) groups is 1. The van der Waals surface area contributed by atoms with Crippen LogP contribution < -0.4 is 5.73 Å². The van der Waals surface area contributed by atoms with Gasteiger partial charge in [-0.05, 0) is 12.1 Å². The van der Waals surface area contributed by atoms with Gasteiger partial charge in [-0.1, -0.05) is 11.6 Å². The van der Waals surface area contributed by atoms with Crippen LogP contribution in [0.1, 0.15) is 11.9 Å². The van der Waals surface area contributed by atoms with E-state index < -0.39 is 5.91 Å². The van der Waals surface area contributed by atoms with Crippen LogP contribution in [0.3, 0.4) is 0 Å². The Balaban J connectivity index is 3.19. The van der Waals surface area contributed by atoms with Crippen LogP contribution in [0.2, 0.25) is 5.02 Å². The molecule has 52 valence electrons. The van der Waals surface area contributed by atoms with Crippen molar-refractivity contribution in [3.63, 3.8) is 0 Å². The number of amides is 1. The van der Waals surface area contributed by atoms with Crippen molar-refractivity contribution >= 4 is 17.5 Å². The van der Waals surface area contributed by atoms with Crippen molar-refractivity contribution in [2.75, 3.05) is 0 Å². The molecule has 0 radical (unpaired) electrons. The molecule has 3 nitrogen and oxygen atoms in total. The molecule has 0 atom stereocenters. The maximum atomic E-state index is 10.5. The van der Waals surface area contributed by atoms with E-state index >= 15 is 0 Å². The van der Waals surface area contributed by atoms with E-state index in [0.717, 1.165) is 0 Å². The van der Waals surface area contributed by atoms with E-state index in [0.29, 0.717) is 5.02 Å². The molecule has 1 heterocycles. The van der Waals surface area contributed by atoms with E-state index in [4.69, 9.17) is 18.7 Å². The SMILES string of the molecule is [2H]c1cc(Cl)cc(C(N)=O)n1. The fourth-order valence-electron chi connectivity index (χ4n) is 0.494. The number of hydrogen-bond acceptors (Lipinski definition) is 2. The number of hydrogen-bond donors (Lipinski definition) is 1. The molecule has 4 heteroatoms. The van der Waals surface area contributed by atoms with Gasteiger partial charge in [0.2, 0.25) is 0 Å². The number of rotatable bonds is 1. The highest BCUT2D eigenvalue weighted by atomic mass is 35.5. The van der Waals surface area contributed by atoms with Gasteiger partial charge in [0.05, 0.1) is 1.37 Å². The molecule has 0 fully saturated rings. The largest absolute Gasteiger partial charge is 0.364 e. The summed E-state index contributed by atoms with van der Waals surface area (Å²) in [6, 6.07) is 2.65. The maximum absolute atomic E-state index is 10.5. The predicted octanol–water partition coefficient (Wildman–Crippen LogP) is 0.834. The van der Waals surface area contributed by atoms with Crippen LogP contribution in [0.4, 0.5) is 0 Å². The summed E-state index contributed by atoms with van der Waals surface area (Å²) in [7, 11) is 0. The molecule has 0 aliphatic rings. The van der Waals surface area contributed by atoms with Crippen molar-refractivity contribution in [2.24, 2.45) is 5.73 Å². The number of carbonyl (C=O) groups excluding carboxylic acids is 1. The van der Waals surface area contributed by atoms with Crippen LogP contribution in [0, 0.1) is 0 Å². The minimum atomic E-state index is -0.680. The van der Waals surface area contributed by atoms with Gasteiger partial charge in [-0.3, -0.25) is 9.78 Å². The fourth-order valence-corrected chi connectivity index (χ4v) is 0.646. The number of pyridine rings is 1. The van der Waals surface area contributed by atoms with Crippen LogP contribution in [-0.2, 0) is 0 Å². The van der Waals surface area contributed by atoms with E-state index in [2.05, 4.69) is 4.98 Å². The Morgan fingerprint density at radius 3 is 3.10 bits per heavy atom. The lowest BCUT2D eigenvalue weighted by Crippen LogP contribution is -2.12. The molecule has 0 bridgehead atoms. The van der Waals surface area contributed by atoms with Gasteiger partial charge in [-0.15, -0.1) is 0 Å².